The summed E-state index contributed by atoms with van der Waals surface area (Å²) in [6.07, 6.45) is 0.118. The van der Waals surface area contributed by atoms with Crippen LogP contribution in [0.25, 0.3) is 0 Å². The van der Waals surface area contributed by atoms with Crippen molar-refractivity contribution in [1.29, 1.82) is 0 Å². The Kier molecular flexibility index (Phi) is 4.97. The highest BCUT2D eigenvalue weighted by atomic mass is 79.9. The molecule has 0 N–H and O–H groups in total. The highest BCUT2D eigenvalue weighted by Crippen LogP contribution is 2.33. The highest BCUT2D eigenvalue weighted by molar-refractivity contribution is 9.10. The van der Waals surface area contributed by atoms with Gasteiger partial charge in [0, 0.05) is 10.5 Å². The predicted octanol–water partition coefficient (Wildman–Crippen LogP) is 4.36. The summed E-state index contributed by atoms with van der Waals surface area (Å²) in [5.74, 6) is 0.518. The van der Waals surface area contributed by atoms with Crippen LogP contribution in [0.15, 0.2) is 56.7 Å². The number of hydrogen-bond acceptors (Lipinski definition) is 4. The van der Waals surface area contributed by atoms with Gasteiger partial charge in [-0.25, -0.2) is 8.42 Å². The lowest BCUT2D eigenvalue weighted by Crippen LogP contribution is -2.12. The molecule has 25 heavy (non-hydrogen) atoms. The molecule has 0 bridgehead atoms. The van der Waals surface area contributed by atoms with Crippen molar-refractivity contribution >= 4 is 25.8 Å². The zero-order valence-electron chi connectivity index (χ0n) is 14.5. The molecule has 1 aliphatic rings. The topological polar surface area (TPSA) is 55.9 Å². The van der Waals surface area contributed by atoms with Crippen LogP contribution in [0.1, 0.15) is 26.3 Å². The van der Waals surface area contributed by atoms with Crippen LogP contribution in [0.3, 0.4) is 0 Å². The van der Waals surface area contributed by atoms with Crippen LogP contribution < -0.4 is 4.74 Å². The second-order valence-corrected chi connectivity index (χ2v) is 9.91. The van der Waals surface area contributed by atoms with Gasteiger partial charge in [0.1, 0.15) is 18.5 Å². The molecule has 2 aromatic carbocycles. The fraction of sp³-hybridized carbons (Fsp3) is 0.368. The largest absolute Gasteiger partial charge is 0.491 e. The molecule has 1 aliphatic heterocycles. The Balaban J connectivity index is 1.97. The molecule has 1 fully saturated rings. The lowest BCUT2D eigenvalue weighted by molar-refractivity contribution is 0.262. The van der Waals surface area contributed by atoms with E-state index in [2.05, 4.69) is 36.7 Å². The van der Waals surface area contributed by atoms with Gasteiger partial charge in [-0.15, -0.1) is 0 Å². The molecule has 4 nitrogen and oxygen atoms in total. The Morgan fingerprint density at radius 2 is 1.92 bits per heavy atom. The van der Waals surface area contributed by atoms with E-state index in [-0.39, 0.29) is 21.3 Å². The van der Waals surface area contributed by atoms with Crippen LogP contribution in [0.4, 0.5) is 0 Å². The summed E-state index contributed by atoms with van der Waals surface area (Å²) < 4.78 is 37.5. The van der Waals surface area contributed by atoms with Crippen LogP contribution in [-0.2, 0) is 20.0 Å². The predicted molar refractivity (Wildman–Crippen MR) is 100.0 cm³/mol. The molecule has 1 unspecified atom stereocenters. The lowest BCUT2D eigenvalue weighted by Gasteiger charge is -2.20. The molecule has 6 heteroatoms. The van der Waals surface area contributed by atoms with Gasteiger partial charge in [-0.3, -0.25) is 0 Å². The van der Waals surface area contributed by atoms with Crippen molar-refractivity contribution in [2.45, 2.75) is 42.1 Å². The summed E-state index contributed by atoms with van der Waals surface area (Å²) in [5, 5.41) is 0. The second kappa shape index (κ2) is 6.74. The fourth-order valence-electron chi connectivity index (χ4n) is 2.39. The van der Waals surface area contributed by atoms with Crippen molar-refractivity contribution in [1.82, 2.24) is 0 Å². The van der Waals surface area contributed by atoms with Crippen molar-refractivity contribution in [3.05, 3.63) is 52.5 Å². The third-order valence-electron chi connectivity index (χ3n) is 4.04. The summed E-state index contributed by atoms with van der Waals surface area (Å²) in [6, 6.07) is 12.1. The average Bonchev–Trinajstić information content (AvgIpc) is 3.37. The van der Waals surface area contributed by atoms with E-state index < -0.39 is 9.84 Å². The summed E-state index contributed by atoms with van der Waals surface area (Å²) in [7, 11) is -3.66. The van der Waals surface area contributed by atoms with E-state index in [0.717, 1.165) is 5.56 Å². The van der Waals surface area contributed by atoms with Crippen molar-refractivity contribution in [3.8, 4) is 5.75 Å². The Labute approximate surface area is 157 Å². The van der Waals surface area contributed by atoms with Gasteiger partial charge >= 0.3 is 0 Å². The molecule has 1 heterocycles. The number of rotatable bonds is 5. The normalized spacial score (nSPS) is 17.4. The first-order chi connectivity index (χ1) is 11.7. The van der Waals surface area contributed by atoms with E-state index in [4.69, 9.17) is 9.47 Å². The van der Waals surface area contributed by atoms with Gasteiger partial charge in [0.05, 0.1) is 16.4 Å². The Morgan fingerprint density at radius 1 is 1.20 bits per heavy atom. The van der Waals surface area contributed by atoms with Gasteiger partial charge in [-0.2, -0.15) is 0 Å². The Morgan fingerprint density at radius 3 is 2.56 bits per heavy atom. The number of benzene rings is 2. The molecular weight excluding hydrogens is 404 g/mol. The first-order valence-electron chi connectivity index (χ1n) is 8.07. The highest BCUT2D eigenvalue weighted by Gasteiger charge is 2.25. The van der Waals surface area contributed by atoms with Crippen molar-refractivity contribution in [3.63, 3.8) is 0 Å². The monoisotopic (exact) mass is 424 g/mol. The van der Waals surface area contributed by atoms with Crippen LogP contribution in [0, 0.1) is 0 Å². The maximum absolute atomic E-state index is 13.1. The Bertz CT molecular complexity index is 881. The fourth-order valence-corrected chi connectivity index (χ4v) is 4.67. The molecule has 2 aromatic rings. The van der Waals surface area contributed by atoms with Gasteiger partial charge in [-0.05, 0) is 51.2 Å². The summed E-state index contributed by atoms with van der Waals surface area (Å²) in [4.78, 5) is 0.482. The molecule has 0 aromatic heterocycles. The maximum atomic E-state index is 13.1. The van der Waals surface area contributed by atoms with Crippen LogP contribution in [-0.4, -0.2) is 27.7 Å². The quantitative estimate of drug-likeness (QED) is 0.669. The minimum absolute atomic E-state index is 0.118. The first kappa shape index (κ1) is 18.4. The molecule has 1 saturated heterocycles. The molecule has 0 spiro atoms. The number of halogens is 1. The van der Waals surface area contributed by atoms with E-state index in [1.54, 1.807) is 36.4 Å². The van der Waals surface area contributed by atoms with E-state index in [0.29, 0.717) is 23.4 Å². The first-order valence-corrected chi connectivity index (χ1v) is 10.3. The van der Waals surface area contributed by atoms with Crippen molar-refractivity contribution in [2.75, 3.05) is 13.2 Å². The van der Waals surface area contributed by atoms with E-state index in [1.165, 1.54) is 0 Å². The molecule has 1 atom stereocenters. The van der Waals surface area contributed by atoms with E-state index in [1.807, 2.05) is 6.07 Å². The number of epoxide rings is 1. The van der Waals surface area contributed by atoms with E-state index >= 15 is 0 Å². The zero-order valence-corrected chi connectivity index (χ0v) is 16.9. The smallest absolute Gasteiger partial charge is 0.207 e. The van der Waals surface area contributed by atoms with Crippen LogP contribution >= 0.6 is 15.9 Å². The van der Waals surface area contributed by atoms with Crippen molar-refractivity contribution < 1.29 is 17.9 Å². The molecule has 0 amide bonds. The molecule has 0 radical (unpaired) electrons. The Hall–Kier alpha value is -1.37. The van der Waals surface area contributed by atoms with E-state index in [9.17, 15) is 8.42 Å². The molecule has 134 valence electrons. The minimum atomic E-state index is -3.66. The maximum Gasteiger partial charge on any atom is 0.207 e. The van der Waals surface area contributed by atoms with Gasteiger partial charge in [0.25, 0.3) is 0 Å². The molecular formula is C19H21BrO4S. The zero-order chi connectivity index (χ0) is 18.2. The van der Waals surface area contributed by atoms with Crippen molar-refractivity contribution in [2.24, 2.45) is 0 Å². The standard InChI is InChI=1S/C19H21BrO4S/c1-19(2,3)13-5-4-6-16(9-13)25(21,22)18-10-14(7-8-17(18)20)23-11-15-12-24-15/h4-10,15H,11-12H2,1-3H3. The lowest BCUT2D eigenvalue weighted by atomic mass is 9.87. The second-order valence-electron chi connectivity index (χ2n) is 7.14. The molecule has 0 saturated carbocycles. The van der Waals surface area contributed by atoms with Crippen LogP contribution in [0.5, 0.6) is 5.75 Å². The van der Waals surface area contributed by atoms with Gasteiger partial charge in [0.2, 0.25) is 9.84 Å². The third-order valence-corrected chi connectivity index (χ3v) is 6.79. The average molecular weight is 425 g/mol. The van der Waals surface area contributed by atoms with Crippen LogP contribution in [0.2, 0.25) is 0 Å². The molecule has 0 aliphatic carbocycles. The van der Waals surface area contributed by atoms with Gasteiger partial charge in [0.15, 0.2) is 0 Å². The number of hydrogen-bond donors (Lipinski definition) is 0. The summed E-state index contributed by atoms with van der Waals surface area (Å²) in [5.41, 5.74) is 0.848. The molecule has 3 rings (SSSR count). The SMILES string of the molecule is CC(C)(C)c1cccc(S(=O)(=O)c2cc(OCC3CO3)ccc2Br)c1. The summed E-state index contributed by atoms with van der Waals surface area (Å²) in [6.45, 7) is 7.30. The minimum Gasteiger partial charge on any atom is -0.491 e. The number of ether oxygens (including phenoxy) is 2. The van der Waals surface area contributed by atoms with Gasteiger partial charge < -0.3 is 9.47 Å². The number of sulfone groups is 1. The third kappa shape index (κ3) is 4.25. The summed E-state index contributed by atoms with van der Waals surface area (Å²) >= 11 is 3.35. The van der Waals surface area contributed by atoms with Gasteiger partial charge in [-0.1, -0.05) is 32.9 Å².